The van der Waals surface area contributed by atoms with E-state index >= 15 is 0 Å². The molecule has 2 aromatic carbocycles. The van der Waals surface area contributed by atoms with Crippen molar-refractivity contribution in [3.8, 4) is 17.6 Å². The standard InChI is InChI=1S/C27H31F3O3/c1-3-4-5-6-7-8-15-31-22-13-14-23(24(28)16-22)27-32-17-20(18-33-27)10-12-21-11-9-19(2)25(29)26(21)30/h9,11,13-14,16,20,27H,3-8,15,17-18H2,1-2H3. The Kier molecular flexibility index (Phi) is 9.65. The smallest absolute Gasteiger partial charge is 0.186 e. The summed E-state index contributed by atoms with van der Waals surface area (Å²) in [7, 11) is 0. The van der Waals surface area contributed by atoms with Crippen molar-refractivity contribution in [3.63, 3.8) is 0 Å². The summed E-state index contributed by atoms with van der Waals surface area (Å²) in [6.07, 6.45) is 6.14. The zero-order valence-corrected chi connectivity index (χ0v) is 19.3. The molecule has 33 heavy (non-hydrogen) atoms. The molecule has 0 aliphatic carbocycles. The van der Waals surface area contributed by atoms with Crippen molar-refractivity contribution in [1.82, 2.24) is 0 Å². The summed E-state index contributed by atoms with van der Waals surface area (Å²) in [4.78, 5) is 0. The molecular weight excluding hydrogens is 429 g/mol. The van der Waals surface area contributed by atoms with Crippen LogP contribution in [0.4, 0.5) is 13.2 Å². The Bertz CT molecular complexity index is 973. The van der Waals surface area contributed by atoms with Gasteiger partial charge in [0.25, 0.3) is 0 Å². The number of ether oxygens (including phenoxy) is 3. The third-order valence-electron chi connectivity index (χ3n) is 5.58. The minimum Gasteiger partial charge on any atom is -0.493 e. The number of hydrogen-bond donors (Lipinski definition) is 0. The van der Waals surface area contributed by atoms with Crippen molar-refractivity contribution >= 4 is 0 Å². The SMILES string of the molecule is CCCCCCCCOc1ccc(C2OCC(C#Cc3ccc(C)c(F)c3F)CO2)c(F)c1. The van der Waals surface area contributed by atoms with Gasteiger partial charge < -0.3 is 14.2 Å². The van der Waals surface area contributed by atoms with Crippen LogP contribution in [-0.2, 0) is 9.47 Å². The fourth-order valence-electron chi connectivity index (χ4n) is 3.55. The first kappa shape index (κ1) is 25.1. The highest BCUT2D eigenvalue weighted by Gasteiger charge is 2.25. The summed E-state index contributed by atoms with van der Waals surface area (Å²) in [6.45, 7) is 4.64. The first-order valence-corrected chi connectivity index (χ1v) is 11.6. The Labute approximate surface area is 194 Å². The zero-order valence-electron chi connectivity index (χ0n) is 19.3. The molecule has 0 saturated carbocycles. The maximum Gasteiger partial charge on any atom is 0.186 e. The number of hydrogen-bond acceptors (Lipinski definition) is 3. The van der Waals surface area contributed by atoms with E-state index in [9.17, 15) is 13.2 Å². The zero-order chi connectivity index (χ0) is 23.6. The molecule has 0 amide bonds. The molecule has 1 aliphatic rings. The highest BCUT2D eigenvalue weighted by Crippen LogP contribution is 2.29. The number of benzene rings is 2. The van der Waals surface area contributed by atoms with Gasteiger partial charge in [-0.15, -0.1) is 0 Å². The number of rotatable bonds is 9. The largest absolute Gasteiger partial charge is 0.493 e. The highest BCUT2D eigenvalue weighted by atomic mass is 19.2. The first-order chi connectivity index (χ1) is 16.0. The van der Waals surface area contributed by atoms with Crippen molar-refractivity contribution in [2.75, 3.05) is 19.8 Å². The lowest BCUT2D eigenvalue weighted by molar-refractivity contribution is -0.197. The van der Waals surface area contributed by atoms with Crippen LogP contribution in [0, 0.1) is 42.1 Å². The van der Waals surface area contributed by atoms with Gasteiger partial charge in [-0.1, -0.05) is 56.9 Å². The van der Waals surface area contributed by atoms with Crippen molar-refractivity contribution < 1.29 is 27.4 Å². The predicted molar refractivity (Wildman–Crippen MR) is 121 cm³/mol. The van der Waals surface area contributed by atoms with E-state index < -0.39 is 23.7 Å². The van der Waals surface area contributed by atoms with Gasteiger partial charge in [0.15, 0.2) is 17.9 Å². The van der Waals surface area contributed by atoms with Crippen LogP contribution < -0.4 is 4.74 Å². The van der Waals surface area contributed by atoms with Crippen LogP contribution in [0.5, 0.6) is 5.75 Å². The van der Waals surface area contributed by atoms with E-state index in [-0.39, 0.29) is 30.3 Å². The molecule has 3 nitrogen and oxygen atoms in total. The molecular formula is C27H31F3O3. The molecule has 2 aromatic rings. The molecule has 1 saturated heterocycles. The molecule has 1 aliphatic heterocycles. The summed E-state index contributed by atoms with van der Waals surface area (Å²) < 4.78 is 59.1. The lowest BCUT2D eigenvalue weighted by Gasteiger charge is -2.27. The molecule has 0 atom stereocenters. The van der Waals surface area contributed by atoms with Crippen molar-refractivity contribution in [1.29, 1.82) is 0 Å². The summed E-state index contributed by atoms with van der Waals surface area (Å²) in [5, 5.41) is 0. The first-order valence-electron chi connectivity index (χ1n) is 11.6. The van der Waals surface area contributed by atoms with Gasteiger partial charge in [-0.2, -0.15) is 0 Å². The van der Waals surface area contributed by atoms with Gasteiger partial charge in [0.05, 0.1) is 31.3 Å². The van der Waals surface area contributed by atoms with E-state index in [0.717, 1.165) is 12.8 Å². The molecule has 0 N–H and O–H groups in total. The Morgan fingerprint density at radius 3 is 2.39 bits per heavy atom. The van der Waals surface area contributed by atoms with E-state index in [2.05, 4.69) is 18.8 Å². The molecule has 1 fully saturated rings. The van der Waals surface area contributed by atoms with E-state index in [4.69, 9.17) is 14.2 Å². The van der Waals surface area contributed by atoms with Gasteiger partial charge in [-0.25, -0.2) is 13.2 Å². The molecule has 0 radical (unpaired) electrons. The summed E-state index contributed by atoms with van der Waals surface area (Å²) in [5.74, 6) is 3.34. The average Bonchev–Trinajstić information content (AvgIpc) is 2.82. The quantitative estimate of drug-likeness (QED) is 0.302. The normalized spacial score (nSPS) is 18.0. The van der Waals surface area contributed by atoms with Crippen molar-refractivity contribution in [2.24, 2.45) is 5.92 Å². The second-order valence-electron chi connectivity index (χ2n) is 8.32. The van der Waals surface area contributed by atoms with Crippen LogP contribution >= 0.6 is 0 Å². The molecule has 1 heterocycles. The van der Waals surface area contributed by atoms with Crippen LogP contribution in [0.1, 0.15) is 68.4 Å². The van der Waals surface area contributed by atoms with Gasteiger partial charge in [0, 0.05) is 11.6 Å². The van der Waals surface area contributed by atoms with Crippen LogP contribution in [0.25, 0.3) is 0 Å². The van der Waals surface area contributed by atoms with Gasteiger partial charge in [-0.3, -0.25) is 0 Å². The predicted octanol–water partition coefficient (Wildman–Crippen LogP) is 6.86. The maximum atomic E-state index is 14.6. The molecule has 6 heteroatoms. The maximum absolute atomic E-state index is 14.6. The number of aryl methyl sites for hydroxylation is 1. The average molecular weight is 461 g/mol. The minimum atomic E-state index is -0.959. The number of unbranched alkanes of at least 4 members (excludes halogenated alkanes) is 5. The summed E-state index contributed by atoms with van der Waals surface area (Å²) in [6, 6.07) is 7.59. The second-order valence-corrected chi connectivity index (χ2v) is 8.32. The Balaban J connectivity index is 1.47. The number of halogens is 3. The van der Waals surface area contributed by atoms with Crippen molar-refractivity contribution in [2.45, 2.75) is 58.7 Å². The van der Waals surface area contributed by atoms with Crippen LogP contribution in [0.3, 0.4) is 0 Å². The summed E-state index contributed by atoms with van der Waals surface area (Å²) in [5.41, 5.74) is 0.508. The third-order valence-corrected chi connectivity index (χ3v) is 5.58. The van der Waals surface area contributed by atoms with E-state index in [1.54, 1.807) is 12.1 Å². The van der Waals surface area contributed by atoms with Crippen LogP contribution in [-0.4, -0.2) is 19.8 Å². The highest BCUT2D eigenvalue weighted by molar-refractivity contribution is 5.38. The molecule has 0 bridgehead atoms. The topological polar surface area (TPSA) is 27.7 Å². The van der Waals surface area contributed by atoms with E-state index in [0.29, 0.717) is 17.9 Å². The fourth-order valence-corrected chi connectivity index (χ4v) is 3.55. The van der Waals surface area contributed by atoms with Gasteiger partial charge >= 0.3 is 0 Å². The molecule has 178 valence electrons. The molecule has 0 aromatic heterocycles. The Morgan fingerprint density at radius 2 is 1.67 bits per heavy atom. The third kappa shape index (κ3) is 7.25. The van der Waals surface area contributed by atoms with E-state index in [1.807, 2.05) is 0 Å². The lowest BCUT2D eigenvalue weighted by atomic mass is 10.1. The lowest BCUT2D eigenvalue weighted by Crippen LogP contribution is -2.26. The fraction of sp³-hybridized carbons (Fsp3) is 0.481. The van der Waals surface area contributed by atoms with Crippen LogP contribution in [0.2, 0.25) is 0 Å². The minimum absolute atomic E-state index is 0.0113. The van der Waals surface area contributed by atoms with Crippen LogP contribution in [0.15, 0.2) is 30.3 Å². The monoisotopic (exact) mass is 460 g/mol. The Hall–Kier alpha value is -2.49. The van der Waals surface area contributed by atoms with Crippen molar-refractivity contribution in [3.05, 3.63) is 64.5 Å². The molecule has 3 rings (SSSR count). The Morgan fingerprint density at radius 1 is 0.939 bits per heavy atom. The summed E-state index contributed by atoms with van der Waals surface area (Å²) >= 11 is 0. The van der Waals surface area contributed by atoms with Gasteiger partial charge in [0.1, 0.15) is 11.6 Å². The van der Waals surface area contributed by atoms with E-state index in [1.165, 1.54) is 50.8 Å². The van der Waals surface area contributed by atoms with Gasteiger partial charge in [-0.05, 0) is 37.1 Å². The second kappa shape index (κ2) is 12.7. The molecule has 0 unspecified atom stereocenters. The van der Waals surface area contributed by atoms with Gasteiger partial charge in [0.2, 0.25) is 0 Å². The molecule has 0 spiro atoms.